The number of hydrogen-bond acceptors (Lipinski definition) is 2. The minimum absolute atomic E-state index is 0.273. The van der Waals surface area contributed by atoms with Crippen LogP contribution in [0.2, 0.25) is 0 Å². The van der Waals surface area contributed by atoms with Gasteiger partial charge in [-0.3, -0.25) is 4.79 Å². The molecule has 0 fully saturated rings. The first-order chi connectivity index (χ1) is 10.6. The summed E-state index contributed by atoms with van der Waals surface area (Å²) >= 11 is 0. The molecule has 1 aromatic carbocycles. The Bertz CT molecular complexity index is 630. The van der Waals surface area contributed by atoms with Crippen molar-refractivity contribution in [1.82, 2.24) is 0 Å². The van der Waals surface area contributed by atoms with Crippen LogP contribution in [0.5, 0.6) is 5.75 Å². The lowest BCUT2D eigenvalue weighted by Crippen LogP contribution is -2.56. The van der Waals surface area contributed by atoms with Crippen LogP contribution in [0.25, 0.3) is 0 Å². The zero-order chi connectivity index (χ0) is 19.1. The number of methoxy groups -OCH3 is 1. The van der Waals surface area contributed by atoms with Crippen LogP contribution in [0.15, 0.2) is 18.2 Å². The van der Waals surface area contributed by atoms with E-state index >= 15 is 0 Å². The molecule has 0 heterocycles. The Hall–Kier alpha value is -2.01. The van der Waals surface area contributed by atoms with Gasteiger partial charge in [0.25, 0.3) is 0 Å². The lowest BCUT2D eigenvalue weighted by molar-refractivity contribution is -0.339. The van der Waals surface area contributed by atoms with Gasteiger partial charge in [-0.1, -0.05) is 0 Å². The second kappa shape index (κ2) is 5.81. The molecule has 12 heteroatoms. The zero-order valence-corrected chi connectivity index (χ0v) is 11.3. The van der Waals surface area contributed by atoms with Gasteiger partial charge in [0.1, 0.15) is 5.75 Å². The number of ketones is 1. The predicted octanol–water partition coefficient (Wildman–Crippen LogP) is 4.73. The summed E-state index contributed by atoms with van der Waals surface area (Å²) in [4.78, 5) is 11.4. The molecule has 0 aliphatic carbocycles. The Balaban J connectivity index is 3.52. The van der Waals surface area contributed by atoms with Crippen LogP contribution >= 0.6 is 0 Å². The van der Waals surface area contributed by atoms with Crippen LogP contribution < -0.4 is 4.74 Å². The SMILES string of the molecule is COc1ccc(C(F)(F)F)cc1C(=O)C(F)(F)C(F)(F)C(F)(F)F. The number of benzene rings is 1. The van der Waals surface area contributed by atoms with E-state index in [0.717, 1.165) is 0 Å². The van der Waals surface area contributed by atoms with Crippen molar-refractivity contribution in [3.63, 3.8) is 0 Å². The Morgan fingerprint density at radius 3 is 1.79 bits per heavy atom. The third-order valence-corrected chi connectivity index (χ3v) is 2.81. The van der Waals surface area contributed by atoms with Crippen molar-refractivity contribution in [2.75, 3.05) is 7.11 Å². The minimum atomic E-state index is -6.80. The van der Waals surface area contributed by atoms with Crippen molar-refractivity contribution in [2.45, 2.75) is 24.2 Å². The van der Waals surface area contributed by atoms with Crippen LogP contribution in [-0.4, -0.2) is 30.9 Å². The van der Waals surface area contributed by atoms with Crippen molar-refractivity contribution < 1.29 is 53.4 Å². The first-order valence-corrected chi connectivity index (χ1v) is 5.69. The molecule has 1 aromatic rings. The van der Waals surface area contributed by atoms with Gasteiger partial charge in [0.05, 0.1) is 18.2 Å². The molecule has 1 rings (SSSR count). The van der Waals surface area contributed by atoms with Crippen LogP contribution in [0.1, 0.15) is 15.9 Å². The minimum Gasteiger partial charge on any atom is -0.496 e. The molecule has 0 saturated heterocycles. The summed E-state index contributed by atoms with van der Waals surface area (Å²) in [5.41, 5.74) is -3.47. The molecule has 0 atom stereocenters. The number of carbonyl (C=O) groups excluding carboxylic acids is 1. The second-order valence-corrected chi connectivity index (χ2v) is 4.39. The maximum atomic E-state index is 13.4. The molecule has 2 nitrogen and oxygen atoms in total. The van der Waals surface area contributed by atoms with E-state index in [1.807, 2.05) is 0 Å². The number of halogens is 10. The van der Waals surface area contributed by atoms with Crippen molar-refractivity contribution in [2.24, 2.45) is 0 Å². The molecule has 0 spiro atoms. The average Bonchev–Trinajstić information content (AvgIpc) is 2.43. The highest BCUT2D eigenvalue weighted by Crippen LogP contribution is 2.48. The van der Waals surface area contributed by atoms with Gasteiger partial charge in [-0.2, -0.15) is 43.9 Å². The molecule has 0 aliphatic rings. The van der Waals surface area contributed by atoms with E-state index in [0.29, 0.717) is 13.2 Å². The Morgan fingerprint density at radius 1 is 0.917 bits per heavy atom. The fraction of sp³-hybridized carbons (Fsp3) is 0.417. The highest BCUT2D eigenvalue weighted by Gasteiger charge is 2.76. The Morgan fingerprint density at radius 2 is 1.42 bits per heavy atom. The maximum absolute atomic E-state index is 13.4. The summed E-state index contributed by atoms with van der Waals surface area (Å²) in [7, 11) is 0.694. The maximum Gasteiger partial charge on any atom is 0.460 e. The lowest BCUT2D eigenvalue weighted by Gasteiger charge is -2.27. The molecule has 24 heavy (non-hydrogen) atoms. The van der Waals surface area contributed by atoms with Gasteiger partial charge in [-0.25, -0.2) is 0 Å². The van der Waals surface area contributed by atoms with Gasteiger partial charge in [-0.05, 0) is 18.2 Å². The Kier molecular flexibility index (Phi) is 4.85. The number of hydrogen-bond donors (Lipinski definition) is 0. The lowest BCUT2D eigenvalue weighted by atomic mass is 9.97. The van der Waals surface area contributed by atoms with E-state index in [9.17, 15) is 48.7 Å². The van der Waals surface area contributed by atoms with E-state index in [1.54, 1.807) is 0 Å². The molecule has 0 radical (unpaired) electrons. The number of ether oxygens (including phenoxy) is 1. The first kappa shape index (κ1) is 20.0. The van der Waals surface area contributed by atoms with Crippen LogP contribution in [0.4, 0.5) is 43.9 Å². The highest BCUT2D eigenvalue weighted by molar-refractivity contribution is 6.04. The van der Waals surface area contributed by atoms with E-state index in [2.05, 4.69) is 4.74 Å². The van der Waals surface area contributed by atoms with Crippen LogP contribution in [0.3, 0.4) is 0 Å². The normalized spacial score (nSPS) is 13.8. The van der Waals surface area contributed by atoms with Crippen molar-refractivity contribution >= 4 is 5.78 Å². The summed E-state index contributed by atoms with van der Waals surface area (Å²) < 4.78 is 130. The van der Waals surface area contributed by atoms with Gasteiger partial charge in [0.15, 0.2) is 0 Å². The monoisotopic (exact) mass is 372 g/mol. The first-order valence-electron chi connectivity index (χ1n) is 5.69. The molecular formula is C12H6F10O2. The summed E-state index contributed by atoms with van der Waals surface area (Å²) in [6, 6.07) is 0.328. The van der Waals surface area contributed by atoms with E-state index in [1.165, 1.54) is 0 Å². The van der Waals surface area contributed by atoms with Gasteiger partial charge < -0.3 is 4.74 Å². The quantitative estimate of drug-likeness (QED) is 0.564. The number of carbonyl (C=O) groups is 1. The standard InChI is InChI=1S/C12H6F10O2/c1-24-7-3-2-5(10(15,16)17)4-6(7)8(23)9(13,14)11(18,19)12(20,21)22/h2-4H,1H3. The molecule has 0 aliphatic heterocycles. The predicted molar refractivity (Wildman–Crippen MR) is 58.3 cm³/mol. The van der Waals surface area contributed by atoms with E-state index < -0.39 is 46.9 Å². The molecule has 0 amide bonds. The number of Topliss-reactive ketones (excluding diaryl/α,β-unsaturated/α-hetero) is 1. The average molecular weight is 372 g/mol. The van der Waals surface area contributed by atoms with Crippen molar-refractivity contribution in [3.05, 3.63) is 29.3 Å². The molecule has 0 unspecified atom stereocenters. The zero-order valence-electron chi connectivity index (χ0n) is 11.3. The fourth-order valence-electron chi connectivity index (χ4n) is 1.55. The van der Waals surface area contributed by atoms with E-state index in [4.69, 9.17) is 0 Å². The highest BCUT2D eigenvalue weighted by atomic mass is 19.4. The Labute approximate surface area is 127 Å². The molecule has 0 bridgehead atoms. The summed E-state index contributed by atoms with van der Waals surface area (Å²) in [5, 5.41) is 0. The largest absolute Gasteiger partial charge is 0.496 e. The molecule has 0 saturated carbocycles. The van der Waals surface area contributed by atoms with Crippen molar-refractivity contribution in [1.29, 1.82) is 0 Å². The molecule has 0 aromatic heterocycles. The van der Waals surface area contributed by atoms with Crippen LogP contribution in [0, 0.1) is 0 Å². The molecule has 136 valence electrons. The summed E-state index contributed by atoms with van der Waals surface area (Å²) in [6.45, 7) is 0. The van der Waals surface area contributed by atoms with Gasteiger partial charge >= 0.3 is 24.2 Å². The van der Waals surface area contributed by atoms with Crippen LogP contribution in [-0.2, 0) is 6.18 Å². The summed E-state index contributed by atoms with van der Waals surface area (Å²) in [5.74, 6) is -17.3. The third-order valence-electron chi connectivity index (χ3n) is 2.81. The van der Waals surface area contributed by atoms with Gasteiger partial charge in [0, 0.05) is 0 Å². The van der Waals surface area contributed by atoms with Gasteiger partial charge in [0.2, 0.25) is 5.78 Å². The molecule has 0 N–H and O–H groups in total. The summed E-state index contributed by atoms with van der Waals surface area (Å²) in [6.07, 6.45) is -12.0. The number of alkyl halides is 10. The fourth-order valence-corrected chi connectivity index (χ4v) is 1.55. The van der Waals surface area contributed by atoms with E-state index in [-0.39, 0.29) is 12.1 Å². The van der Waals surface area contributed by atoms with Gasteiger partial charge in [-0.15, -0.1) is 0 Å². The van der Waals surface area contributed by atoms with Crippen molar-refractivity contribution in [3.8, 4) is 5.75 Å². The number of rotatable bonds is 4. The second-order valence-electron chi connectivity index (χ2n) is 4.39. The smallest absolute Gasteiger partial charge is 0.460 e. The molecular weight excluding hydrogens is 366 g/mol. The topological polar surface area (TPSA) is 26.3 Å². The third kappa shape index (κ3) is 3.26.